The van der Waals surface area contributed by atoms with Crippen molar-refractivity contribution in [2.45, 2.75) is 46.0 Å². The fourth-order valence-corrected chi connectivity index (χ4v) is 2.35. The SMILES string of the molecule is CCCCC(CNCCC)Cc1ccc(OC)cc1. The van der Waals surface area contributed by atoms with E-state index in [1.165, 1.54) is 37.7 Å². The molecule has 1 atom stereocenters. The van der Waals surface area contributed by atoms with Crippen molar-refractivity contribution in [2.24, 2.45) is 5.92 Å². The summed E-state index contributed by atoms with van der Waals surface area (Å²) < 4.78 is 5.21. The van der Waals surface area contributed by atoms with Crippen LogP contribution in [0.3, 0.4) is 0 Å². The van der Waals surface area contributed by atoms with Crippen LogP contribution in [0.5, 0.6) is 5.75 Å². The normalized spacial score (nSPS) is 12.4. The maximum Gasteiger partial charge on any atom is 0.118 e. The highest BCUT2D eigenvalue weighted by atomic mass is 16.5. The first kappa shape index (κ1) is 16.0. The Morgan fingerprint density at radius 3 is 2.42 bits per heavy atom. The van der Waals surface area contributed by atoms with Crippen molar-refractivity contribution in [3.63, 3.8) is 0 Å². The summed E-state index contributed by atoms with van der Waals surface area (Å²) in [6.07, 6.45) is 6.31. The summed E-state index contributed by atoms with van der Waals surface area (Å²) in [5, 5.41) is 3.56. The summed E-state index contributed by atoms with van der Waals surface area (Å²) in [7, 11) is 1.72. The Kier molecular flexibility index (Phi) is 8.31. The van der Waals surface area contributed by atoms with Crippen molar-refractivity contribution in [3.05, 3.63) is 29.8 Å². The summed E-state index contributed by atoms with van der Waals surface area (Å²) in [6, 6.07) is 8.51. The number of hydrogen-bond acceptors (Lipinski definition) is 2. The second-order valence-corrected chi connectivity index (χ2v) is 5.26. The Bertz CT molecular complexity index is 321. The van der Waals surface area contributed by atoms with E-state index in [2.05, 4.69) is 43.4 Å². The molecule has 2 heteroatoms. The van der Waals surface area contributed by atoms with Gasteiger partial charge in [0.25, 0.3) is 0 Å². The second kappa shape index (κ2) is 9.85. The molecule has 0 aliphatic carbocycles. The molecule has 19 heavy (non-hydrogen) atoms. The molecule has 0 aromatic heterocycles. The average Bonchev–Trinajstić information content (AvgIpc) is 2.45. The van der Waals surface area contributed by atoms with Gasteiger partial charge >= 0.3 is 0 Å². The van der Waals surface area contributed by atoms with Gasteiger partial charge in [0.2, 0.25) is 0 Å². The zero-order chi connectivity index (χ0) is 13.9. The van der Waals surface area contributed by atoms with Gasteiger partial charge in [-0.3, -0.25) is 0 Å². The Balaban J connectivity index is 2.48. The number of benzene rings is 1. The highest BCUT2D eigenvalue weighted by molar-refractivity contribution is 5.27. The molecular formula is C17H29NO. The predicted octanol–water partition coefficient (Wildman–Crippen LogP) is 4.04. The lowest BCUT2D eigenvalue weighted by molar-refractivity contribution is 0.413. The summed E-state index contributed by atoms with van der Waals surface area (Å²) in [5.41, 5.74) is 1.42. The Morgan fingerprint density at radius 1 is 1.11 bits per heavy atom. The predicted molar refractivity (Wildman–Crippen MR) is 82.9 cm³/mol. The number of ether oxygens (including phenoxy) is 1. The van der Waals surface area contributed by atoms with Crippen molar-refractivity contribution in [1.29, 1.82) is 0 Å². The van der Waals surface area contributed by atoms with Gasteiger partial charge in [0.1, 0.15) is 5.75 Å². The van der Waals surface area contributed by atoms with Crippen molar-refractivity contribution in [3.8, 4) is 5.75 Å². The van der Waals surface area contributed by atoms with E-state index < -0.39 is 0 Å². The van der Waals surface area contributed by atoms with Crippen molar-refractivity contribution in [2.75, 3.05) is 20.2 Å². The van der Waals surface area contributed by atoms with Crippen LogP contribution in [0.15, 0.2) is 24.3 Å². The standard InChI is InChI=1S/C17H29NO/c1-4-6-7-16(14-18-12-5-2)13-15-8-10-17(19-3)11-9-15/h8-11,16,18H,4-7,12-14H2,1-3H3. The van der Waals surface area contributed by atoms with Gasteiger partial charge in [-0.15, -0.1) is 0 Å². The first-order chi connectivity index (χ1) is 9.30. The van der Waals surface area contributed by atoms with Crippen LogP contribution in [0.2, 0.25) is 0 Å². The third kappa shape index (κ3) is 6.63. The van der Waals surface area contributed by atoms with E-state index in [1.807, 2.05) is 0 Å². The third-order valence-electron chi connectivity index (χ3n) is 3.51. The minimum absolute atomic E-state index is 0.750. The Hall–Kier alpha value is -1.02. The highest BCUT2D eigenvalue weighted by Gasteiger charge is 2.09. The minimum atomic E-state index is 0.750. The topological polar surface area (TPSA) is 21.3 Å². The minimum Gasteiger partial charge on any atom is -0.497 e. The fraction of sp³-hybridized carbons (Fsp3) is 0.647. The molecule has 0 bridgehead atoms. The third-order valence-corrected chi connectivity index (χ3v) is 3.51. The average molecular weight is 263 g/mol. The summed E-state index contributed by atoms with van der Waals surface area (Å²) in [4.78, 5) is 0. The first-order valence-electron chi connectivity index (χ1n) is 7.63. The van der Waals surface area contributed by atoms with E-state index in [9.17, 15) is 0 Å². The van der Waals surface area contributed by atoms with E-state index in [-0.39, 0.29) is 0 Å². The summed E-state index contributed by atoms with van der Waals surface area (Å²) in [6.45, 7) is 6.76. The molecule has 1 N–H and O–H groups in total. The lowest BCUT2D eigenvalue weighted by atomic mass is 9.94. The lowest BCUT2D eigenvalue weighted by Crippen LogP contribution is -2.25. The largest absolute Gasteiger partial charge is 0.497 e. The molecule has 0 saturated heterocycles. The van der Waals surface area contributed by atoms with Crippen LogP contribution in [0.25, 0.3) is 0 Å². The van der Waals surface area contributed by atoms with Crippen molar-refractivity contribution >= 4 is 0 Å². The monoisotopic (exact) mass is 263 g/mol. The van der Waals surface area contributed by atoms with Crippen LogP contribution in [0.1, 0.15) is 45.1 Å². The first-order valence-corrected chi connectivity index (χ1v) is 7.63. The van der Waals surface area contributed by atoms with Gasteiger partial charge in [0.05, 0.1) is 7.11 Å². The molecule has 0 spiro atoms. The van der Waals surface area contributed by atoms with Crippen LogP contribution < -0.4 is 10.1 Å². The molecule has 0 fully saturated rings. The fourth-order valence-electron chi connectivity index (χ4n) is 2.35. The lowest BCUT2D eigenvalue weighted by Gasteiger charge is -2.17. The van der Waals surface area contributed by atoms with Gasteiger partial charge < -0.3 is 10.1 Å². The van der Waals surface area contributed by atoms with Crippen LogP contribution in [-0.2, 0) is 6.42 Å². The molecule has 0 radical (unpaired) electrons. The van der Waals surface area contributed by atoms with Crippen LogP contribution >= 0.6 is 0 Å². The molecule has 1 aromatic carbocycles. The zero-order valence-electron chi connectivity index (χ0n) is 12.7. The molecule has 0 heterocycles. The molecule has 0 saturated carbocycles. The molecule has 1 rings (SSSR count). The number of hydrogen-bond donors (Lipinski definition) is 1. The summed E-state index contributed by atoms with van der Waals surface area (Å²) in [5.74, 6) is 1.69. The molecule has 1 aromatic rings. The quantitative estimate of drug-likeness (QED) is 0.643. The molecule has 2 nitrogen and oxygen atoms in total. The van der Waals surface area contributed by atoms with Gasteiger partial charge in [-0.2, -0.15) is 0 Å². The van der Waals surface area contributed by atoms with Gasteiger partial charge in [0, 0.05) is 0 Å². The van der Waals surface area contributed by atoms with Gasteiger partial charge in [-0.25, -0.2) is 0 Å². The molecule has 0 aliphatic heterocycles. The maximum atomic E-state index is 5.21. The summed E-state index contributed by atoms with van der Waals surface area (Å²) >= 11 is 0. The van der Waals surface area contributed by atoms with Gasteiger partial charge in [0.15, 0.2) is 0 Å². The molecule has 108 valence electrons. The zero-order valence-corrected chi connectivity index (χ0v) is 12.7. The maximum absolute atomic E-state index is 5.21. The van der Waals surface area contributed by atoms with E-state index >= 15 is 0 Å². The van der Waals surface area contributed by atoms with Crippen LogP contribution in [0, 0.1) is 5.92 Å². The molecule has 0 amide bonds. The van der Waals surface area contributed by atoms with E-state index in [0.29, 0.717) is 0 Å². The van der Waals surface area contributed by atoms with Crippen molar-refractivity contribution < 1.29 is 4.74 Å². The van der Waals surface area contributed by atoms with Crippen molar-refractivity contribution in [1.82, 2.24) is 5.32 Å². The van der Waals surface area contributed by atoms with Crippen LogP contribution in [-0.4, -0.2) is 20.2 Å². The van der Waals surface area contributed by atoms with E-state index in [0.717, 1.165) is 24.8 Å². The highest BCUT2D eigenvalue weighted by Crippen LogP contribution is 2.17. The smallest absolute Gasteiger partial charge is 0.118 e. The number of methoxy groups -OCH3 is 1. The second-order valence-electron chi connectivity index (χ2n) is 5.26. The Labute approximate surface area is 118 Å². The van der Waals surface area contributed by atoms with E-state index in [1.54, 1.807) is 7.11 Å². The number of rotatable bonds is 10. The van der Waals surface area contributed by atoms with Crippen LogP contribution in [0.4, 0.5) is 0 Å². The van der Waals surface area contributed by atoms with Gasteiger partial charge in [-0.05, 0) is 56.0 Å². The molecule has 1 unspecified atom stereocenters. The number of unbranched alkanes of at least 4 members (excludes halogenated alkanes) is 1. The van der Waals surface area contributed by atoms with Gasteiger partial charge in [-0.1, -0.05) is 38.8 Å². The molecular weight excluding hydrogens is 234 g/mol. The number of nitrogens with one attached hydrogen (secondary N) is 1. The molecule has 0 aliphatic rings. The Morgan fingerprint density at radius 2 is 1.84 bits per heavy atom. The van der Waals surface area contributed by atoms with E-state index in [4.69, 9.17) is 4.74 Å².